The Morgan fingerprint density at radius 1 is 1.29 bits per heavy atom. The Bertz CT molecular complexity index is 742. The highest BCUT2D eigenvalue weighted by Crippen LogP contribution is 2.31. The van der Waals surface area contributed by atoms with Gasteiger partial charge in [-0.1, -0.05) is 12.1 Å². The molecule has 1 unspecified atom stereocenters. The first-order valence-corrected chi connectivity index (χ1v) is 11.0. The van der Waals surface area contributed by atoms with Gasteiger partial charge in [-0.15, -0.1) is 0 Å². The average Bonchev–Trinajstić information content (AvgIpc) is 3.13. The van der Waals surface area contributed by atoms with Gasteiger partial charge in [0.15, 0.2) is 5.96 Å². The number of sulfonamides is 1. The lowest BCUT2D eigenvalue weighted by Crippen LogP contribution is -2.44. The number of aliphatic hydroxyl groups is 1. The predicted octanol–water partition coefficient (Wildman–Crippen LogP) is 0.781. The van der Waals surface area contributed by atoms with Crippen LogP contribution in [-0.2, 0) is 21.3 Å². The van der Waals surface area contributed by atoms with Crippen molar-refractivity contribution in [3.05, 3.63) is 29.8 Å². The van der Waals surface area contributed by atoms with Gasteiger partial charge < -0.3 is 20.5 Å². The van der Waals surface area contributed by atoms with E-state index in [0.29, 0.717) is 32.1 Å². The molecule has 1 heterocycles. The van der Waals surface area contributed by atoms with Gasteiger partial charge in [0, 0.05) is 45.8 Å². The Labute approximate surface area is 168 Å². The molecule has 28 heavy (non-hydrogen) atoms. The summed E-state index contributed by atoms with van der Waals surface area (Å²) >= 11 is 0. The van der Waals surface area contributed by atoms with Crippen LogP contribution in [0.1, 0.15) is 25.3 Å². The largest absolute Gasteiger partial charge is 0.396 e. The predicted molar refractivity (Wildman–Crippen MR) is 110 cm³/mol. The zero-order valence-electron chi connectivity index (χ0n) is 16.9. The summed E-state index contributed by atoms with van der Waals surface area (Å²) in [5, 5.41) is 15.9. The smallest absolute Gasteiger partial charge is 0.242 e. The van der Waals surface area contributed by atoms with E-state index in [1.165, 1.54) is 18.4 Å². The zero-order valence-corrected chi connectivity index (χ0v) is 17.8. The molecule has 2 rings (SSSR count). The summed E-state index contributed by atoms with van der Waals surface area (Å²) in [4.78, 5) is 4.86. The molecule has 8 nitrogen and oxygen atoms in total. The maximum atomic E-state index is 12.1. The van der Waals surface area contributed by atoms with Crippen molar-refractivity contribution < 1.29 is 18.3 Å². The molecule has 1 aliphatic heterocycles. The first kappa shape index (κ1) is 22.6. The van der Waals surface area contributed by atoms with E-state index < -0.39 is 10.0 Å². The second kappa shape index (κ2) is 10.2. The number of rotatable bonds is 9. The van der Waals surface area contributed by atoms with Crippen LogP contribution in [0.3, 0.4) is 0 Å². The van der Waals surface area contributed by atoms with Crippen molar-refractivity contribution in [3.8, 4) is 0 Å². The van der Waals surface area contributed by atoms with Crippen molar-refractivity contribution in [2.24, 2.45) is 10.4 Å². The molecule has 1 aliphatic rings. The number of ether oxygens (including phenoxy) is 1. The molecule has 0 amide bonds. The van der Waals surface area contributed by atoms with Crippen molar-refractivity contribution in [2.45, 2.75) is 31.2 Å². The molecule has 0 spiro atoms. The molecule has 1 saturated heterocycles. The SMILES string of the molecule is CCNC(=NCc1ccc(S(=O)(=O)N(C)C)cc1)NCC1(CCO)CCOC1. The van der Waals surface area contributed by atoms with Gasteiger partial charge in [0.25, 0.3) is 0 Å². The number of aliphatic imine (C=N–C) groups is 1. The molecule has 9 heteroatoms. The summed E-state index contributed by atoms with van der Waals surface area (Å²) in [7, 11) is -0.394. The second-order valence-corrected chi connectivity index (χ2v) is 9.41. The fourth-order valence-electron chi connectivity index (χ4n) is 3.07. The Balaban J connectivity index is 2.02. The van der Waals surface area contributed by atoms with E-state index in [4.69, 9.17) is 4.74 Å². The fourth-order valence-corrected chi connectivity index (χ4v) is 3.97. The minimum atomic E-state index is -3.42. The lowest BCUT2D eigenvalue weighted by Gasteiger charge is -2.27. The van der Waals surface area contributed by atoms with Crippen LogP contribution >= 0.6 is 0 Å². The summed E-state index contributed by atoms with van der Waals surface area (Å²) in [6.45, 7) is 5.34. The molecule has 3 N–H and O–H groups in total. The first-order valence-electron chi connectivity index (χ1n) is 9.55. The lowest BCUT2D eigenvalue weighted by molar-refractivity contribution is 0.127. The average molecular weight is 413 g/mol. The second-order valence-electron chi connectivity index (χ2n) is 7.26. The first-order chi connectivity index (χ1) is 13.3. The van der Waals surface area contributed by atoms with Crippen LogP contribution in [0.15, 0.2) is 34.2 Å². The number of benzene rings is 1. The summed E-state index contributed by atoms with van der Waals surface area (Å²) in [6, 6.07) is 6.77. The van der Waals surface area contributed by atoms with Crippen LogP contribution in [0.2, 0.25) is 0 Å². The van der Waals surface area contributed by atoms with Gasteiger partial charge in [-0.05, 0) is 37.5 Å². The third kappa shape index (κ3) is 5.91. The highest BCUT2D eigenvalue weighted by molar-refractivity contribution is 7.89. The van der Waals surface area contributed by atoms with Crippen LogP contribution in [0.5, 0.6) is 0 Å². The van der Waals surface area contributed by atoms with Crippen LogP contribution < -0.4 is 10.6 Å². The Morgan fingerprint density at radius 3 is 2.54 bits per heavy atom. The summed E-state index contributed by atoms with van der Waals surface area (Å²) in [5.74, 6) is 0.691. The van der Waals surface area contributed by atoms with E-state index in [9.17, 15) is 13.5 Å². The molecule has 0 aromatic heterocycles. The van der Waals surface area contributed by atoms with Gasteiger partial charge in [0.2, 0.25) is 10.0 Å². The molecule has 0 saturated carbocycles. The monoisotopic (exact) mass is 412 g/mol. The summed E-state index contributed by atoms with van der Waals surface area (Å²) in [6.07, 6.45) is 1.61. The van der Waals surface area contributed by atoms with E-state index in [1.807, 2.05) is 6.92 Å². The highest BCUT2D eigenvalue weighted by Gasteiger charge is 2.34. The summed E-state index contributed by atoms with van der Waals surface area (Å²) < 4.78 is 31.0. The van der Waals surface area contributed by atoms with E-state index in [1.54, 1.807) is 24.3 Å². The van der Waals surface area contributed by atoms with Crippen molar-refractivity contribution in [1.82, 2.24) is 14.9 Å². The topological polar surface area (TPSA) is 103 Å². The summed E-state index contributed by atoms with van der Waals surface area (Å²) in [5.41, 5.74) is 0.858. The van der Waals surface area contributed by atoms with Gasteiger partial charge in [-0.3, -0.25) is 0 Å². The van der Waals surface area contributed by atoms with Crippen molar-refractivity contribution >= 4 is 16.0 Å². The molecular formula is C19H32N4O4S. The van der Waals surface area contributed by atoms with Crippen LogP contribution in [0, 0.1) is 5.41 Å². The Hall–Kier alpha value is -1.68. The maximum Gasteiger partial charge on any atom is 0.242 e. The maximum absolute atomic E-state index is 12.1. The normalized spacial score (nSPS) is 20.5. The molecule has 1 aromatic rings. The molecular weight excluding hydrogens is 380 g/mol. The molecule has 1 atom stereocenters. The van der Waals surface area contributed by atoms with Crippen molar-refractivity contribution in [2.75, 3.05) is 47.0 Å². The fraction of sp³-hybridized carbons (Fsp3) is 0.632. The van der Waals surface area contributed by atoms with Gasteiger partial charge in [-0.25, -0.2) is 17.7 Å². The minimum Gasteiger partial charge on any atom is -0.396 e. The standard InChI is InChI=1S/C19H32N4O4S/c1-4-20-18(22-14-19(9-11-24)10-12-27-15-19)21-13-16-5-7-17(8-6-16)28(25,26)23(2)3/h5-8,24H,4,9-15H2,1-3H3,(H2,20,21,22). The van der Waals surface area contributed by atoms with E-state index >= 15 is 0 Å². The van der Waals surface area contributed by atoms with Gasteiger partial charge >= 0.3 is 0 Å². The number of nitrogens with one attached hydrogen (secondary N) is 2. The third-order valence-electron chi connectivity index (χ3n) is 4.92. The number of nitrogens with zero attached hydrogens (tertiary/aromatic N) is 2. The highest BCUT2D eigenvalue weighted by atomic mass is 32.2. The van der Waals surface area contributed by atoms with Crippen molar-refractivity contribution in [1.29, 1.82) is 0 Å². The number of hydrogen-bond donors (Lipinski definition) is 3. The van der Waals surface area contributed by atoms with E-state index in [-0.39, 0.29) is 16.9 Å². The van der Waals surface area contributed by atoms with Crippen LogP contribution in [0.4, 0.5) is 0 Å². The molecule has 0 aliphatic carbocycles. The van der Waals surface area contributed by atoms with Crippen LogP contribution in [-0.4, -0.2) is 70.8 Å². The number of guanidine groups is 1. The molecule has 0 radical (unpaired) electrons. The van der Waals surface area contributed by atoms with Crippen LogP contribution in [0.25, 0.3) is 0 Å². The minimum absolute atomic E-state index is 0.0624. The van der Waals surface area contributed by atoms with E-state index in [0.717, 1.165) is 25.1 Å². The Morgan fingerprint density at radius 2 is 2.00 bits per heavy atom. The zero-order chi connectivity index (χ0) is 20.6. The third-order valence-corrected chi connectivity index (χ3v) is 6.75. The molecule has 0 bridgehead atoms. The lowest BCUT2D eigenvalue weighted by atomic mass is 9.84. The van der Waals surface area contributed by atoms with Gasteiger partial charge in [0.05, 0.1) is 18.0 Å². The Kier molecular flexibility index (Phi) is 8.23. The van der Waals surface area contributed by atoms with Crippen molar-refractivity contribution in [3.63, 3.8) is 0 Å². The van der Waals surface area contributed by atoms with Gasteiger partial charge in [0.1, 0.15) is 0 Å². The number of aliphatic hydroxyl groups excluding tert-OH is 1. The molecule has 1 aromatic carbocycles. The quantitative estimate of drug-likeness (QED) is 0.409. The van der Waals surface area contributed by atoms with Gasteiger partial charge in [-0.2, -0.15) is 0 Å². The molecule has 1 fully saturated rings. The van der Waals surface area contributed by atoms with E-state index in [2.05, 4.69) is 15.6 Å². The number of hydrogen-bond acceptors (Lipinski definition) is 5. The molecule has 158 valence electrons.